The number of halogens is 1. The molecule has 2 aromatic carbocycles. The molecule has 0 heterocycles. The number of ether oxygens (including phenoxy) is 1. The molecule has 0 spiro atoms. The van der Waals surface area contributed by atoms with E-state index in [2.05, 4.69) is 11.4 Å². The molecule has 2 aliphatic rings. The molecule has 146 valence electrons. The molecule has 2 aromatic rings. The number of carbonyl (C=O) groups excluding carboxylic acids is 2. The molecular formula is C23H24FNO3. The van der Waals surface area contributed by atoms with E-state index in [-0.39, 0.29) is 35.4 Å². The summed E-state index contributed by atoms with van der Waals surface area (Å²) in [6.45, 7) is 0. The zero-order chi connectivity index (χ0) is 19.7. The molecule has 0 radical (unpaired) electrons. The monoisotopic (exact) mass is 381 g/mol. The van der Waals surface area contributed by atoms with E-state index in [1.807, 2.05) is 18.2 Å². The van der Waals surface area contributed by atoms with Crippen molar-refractivity contribution < 1.29 is 18.7 Å². The van der Waals surface area contributed by atoms with Crippen LogP contribution in [0.2, 0.25) is 0 Å². The van der Waals surface area contributed by atoms with Crippen molar-refractivity contribution in [3.63, 3.8) is 0 Å². The third-order valence-corrected chi connectivity index (χ3v) is 5.75. The van der Waals surface area contributed by atoms with Gasteiger partial charge < -0.3 is 10.1 Å². The zero-order valence-corrected chi connectivity index (χ0v) is 15.9. The van der Waals surface area contributed by atoms with E-state index in [4.69, 9.17) is 4.74 Å². The second-order valence-corrected chi connectivity index (χ2v) is 7.76. The quantitative estimate of drug-likeness (QED) is 0.791. The number of hydrogen-bond donors (Lipinski definition) is 1. The Morgan fingerprint density at radius 1 is 1.14 bits per heavy atom. The van der Waals surface area contributed by atoms with Crippen LogP contribution in [0, 0.1) is 17.7 Å². The molecule has 1 amide bonds. The van der Waals surface area contributed by atoms with Crippen molar-refractivity contribution in [2.75, 3.05) is 7.11 Å². The van der Waals surface area contributed by atoms with Crippen LogP contribution >= 0.6 is 0 Å². The highest BCUT2D eigenvalue weighted by molar-refractivity contribution is 5.91. The predicted octanol–water partition coefficient (Wildman–Crippen LogP) is 3.91. The van der Waals surface area contributed by atoms with Crippen LogP contribution in [-0.4, -0.2) is 18.8 Å². The van der Waals surface area contributed by atoms with Gasteiger partial charge in [0.1, 0.15) is 11.9 Å². The number of nitrogens with one attached hydrogen (secondary N) is 1. The van der Waals surface area contributed by atoms with Gasteiger partial charge in [0, 0.05) is 25.4 Å². The average molecular weight is 381 g/mol. The fourth-order valence-electron chi connectivity index (χ4n) is 4.13. The van der Waals surface area contributed by atoms with Crippen molar-refractivity contribution in [2.45, 2.75) is 37.8 Å². The van der Waals surface area contributed by atoms with Crippen LogP contribution in [0.5, 0.6) is 0 Å². The lowest BCUT2D eigenvalue weighted by Crippen LogP contribution is -2.36. The Hall–Kier alpha value is -2.53. The summed E-state index contributed by atoms with van der Waals surface area (Å²) in [4.78, 5) is 25.5. The summed E-state index contributed by atoms with van der Waals surface area (Å²) >= 11 is 0. The fourth-order valence-corrected chi connectivity index (χ4v) is 4.13. The third-order valence-electron chi connectivity index (χ3n) is 5.75. The van der Waals surface area contributed by atoms with Crippen LogP contribution in [0.25, 0.3) is 0 Å². The van der Waals surface area contributed by atoms with E-state index in [0.717, 1.165) is 24.8 Å². The number of fused-ring (bicyclic) bond motifs is 1. The molecule has 1 N–H and O–H groups in total. The zero-order valence-electron chi connectivity index (χ0n) is 15.9. The largest absolute Gasteiger partial charge is 0.376 e. The lowest BCUT2D eigenvalue weighted by Gasteiger charge is -2.23. The highest BCUT2D eigenvalue weighted by Gasteiger charge is 2.37. The molecule has 1 saturated carbocycles. The number of hydrogen-bond acceptors (Lipinski definition) is 3. The van der Waals surface area contributed by atoms with Gasteiger partial charge in [-0.2, -0.15) is 0 Å². The van der Waals surface area contributed by atoms with Gasteiger partial charge in [-0.15, -0.1) is 0 Å². The Balaban J connectivity index is 1.53. The summed E-state index contributed by atoms with van der Waals surface area (Å²) in [6, 6.07) is 13.1. The van der Waals surface area contributed by atoms with E-state index in [0.29, 0.717) is 12.0 Å². The predicted molar refractivity (Wildman–Crippen MR) is 103 cm³/mol. The molecular weight excluding hydrogens is 357 g/mol. The standard InChI is InChI=1S/C23H24FNO3/c1-28-22-17(12-16-4-2-3-5-19(16)22)13-20(26)21(25-23(27)15-6-7-15)14-8-10-18(24)11-9-14/h2-5,8-11,15,17,21-22H,6-7,12-13H2,1H3,(H,25,27)/t17?,21-,22?/m1/s1. The van der Waals surface area contributed by atoms with E-state index in [1.54, 1.807) is 19.2 Å². The summed E-state index contributed by atoms with van der Waals surface area (Å²) in [7, 11) is 1.66. The highest BCUT2D eigenvalue weighted by atomic mass is 19.1. The maximum Gasteiger partial charge on any atom is 0.223 e. The fraction of sp³-hybridized carbons (Fsp3) is 0.391. The summed E-state index contributed by atoms with van der Waals surface area (Å²) in [5, 5.41) is 2.89. The topological polar surface area (TPSA) is 55.4 Å². The van der Waals surface area contributed by atoms with Gasteiger partial charge in [-0.05, 0) is 48.1 Å². The number of carbonyl (C=O) groups is 2. The van der Waals surface area contributed by atoms with Gasteiger partial charge in [-0.25, -0.2) is 4.39 Å². The molecule has 4 rings (SSSR count). The summed E-state index contributed by atoms with van der Waals surface area (Å²) in [6.07, 6.45) is 2.65. The molecule has 2 aliphatic carbocycles. The van der Waals surface area contributed by atoms with Gasteiger partial charge >= 0.3 is 0 Å². The van der Waals surface area contributed by atoms with Crippen LogP contribution < -0.4 is 5.32 Å². The van der Waals surface area contributed by atoms with Crippen molar-refractivity contribution >= 4 is 11.7 Å². The van der Waals surface area contributed by atoms with Crippen molar-refractivity contribution in [2.24, 2.45) is 11.8 Å². The lowest BCUT2D eigenvalue weighted by molar-refractivity contribution is -0.129. The number of ketones is 1. The summed E-state index contributed by atoms with van der Waals surface area (Å²) < 4.78 is 19.0. The minimum absolute atomic E-state index is 0.00166. The van der Waals surface area contributed by atoms with Crippen molar-refractivity contribution in [1.29, 1.82) is 0 Å². The molecule has 0 saturated heterocycles. The highest BCUT2D eigenvalue weighted by Crippen LogP contribution is 2.41. The van der Waals surface area contributed by atoms with Crippen LogP contribution in [0.1, 0.15) is 48.1 Å². The lowest BCUT2D eigenvalue weighted by atomic mass is 9.91. The summed E-state index contributed by atoms with van der Waals surface area (Å²) in [5.41, 5.74) is 2.94. The summed E-state index contributed by atoms with van der Waals surface area (Å²) in [5.74, 6) is -0.510. The van der Waals surface area contributed by atoms with Crippen molar-refractivity contribution in [3.8, 4) is 0 Å². The average Bonchev–Trinajstić information content (AvgIpc) is 3.48. The Morgan fingerprint density at radius 2 is 1.86 bits per heavy atom. The smallest absolute Gasteiger partial charge is 0.223 e. The molecule has 2 unspecified atom stereocenters. The molecule has 0 aliphatic heterocycles. The van der Waals surface area contributed by atoms with E-state index < -0.39 is 6.04 Å². The van der Waals surface area contributed by atoms with E-state index in [1.165, 1.54) is 17.7 Å². The normalized spacial score (nSPS) is 21.8. The van der Waals surface area contributed by atoms with Crippen molar-refractivity contribution in [3.05, 3.63) is 71.0 Å². The van der Waals surface area contributed by atoms with Crippen LogP contribution in [-0.2, 0) is 20.7 Å². The van der Waals surface area contributed by atoms with E-state index >= 15 is 0 Å². The van der Waals surface area contributed by atoms with Gasteiger partial charge in [-0.3, -0.25) is 9.59 Å². The van der Waals surface area contributed by atoms with E-state index in [9.17, 15) is 14.0 Å². The van der Waals surface area contributed by atoms with Crippen LogP contribution in [0.15, 0.2) is 48.5 Å². The second kappa shape index (κ2) is 7.84. The molecule has 4 nitrogen and oxygen atoms in total. The Kier molecular flexibility index (Phi) is 5.27. The maximum atomic E-state index is 13.3. The van der Waals surface area contributed by atoms with Gasteiger partial charge in [0.25, 0.3) is 0 Å². The second-order valence-electron chi connectivity index (χ2n) is 7.76. The Labute approximate surface area is 164 Å². The van der Waals surface area contributed by atoms with Gasteiger partial charge in [0.2, 0.25) is 5.91 Å². The molecule has 1 fully saturated rings. The first-order valence-electron chi connectivity index (χ1n) is 9.76. The van der Waals surface area contributed by atoms with Crippen LogP contribution in [0.3, 0.4) is 0 Å². The SMILES string of the molecule is COC1c2ccccc2CC1CC(=O)[C@H](NC(=O)C1CC1)c1ccc(F)cc1. The molecule has 28 heavy (non-hydrogen) atoms. The minimum atomic E-state index is -0.755. The first kappa shape index (κ1) is 18.8. The number of rotatable bonds is 7. The van der Waals surface area contributed by atoms with Gasteiger partial charge in [0.05, 0.1) is 6.10 Å². The molecule has 0 aromatic heterocycles. The number of amides is 1. The van der Waals surface area contributed by atoms with Crippen molar-refractivity contribution in [1.82, 2.24) is 5.32 Å². The number of Topliss-reactive ketones (excluding diaryl/α,β-unsaturated/α-hetero) is 1. The molecule has 3 atom stereocenters. The first-order chi connectivity index (χ1) is 13.6. The Morgan fingerprint density at radius 3 is 2.54 bits per heavy atom. The maximum absolute atomic E-state index is 13.3. The number of benzene rings is 2. The van der Waals surface area contributed by atoms with Gasteiger partial charge in [0.15, 0.2) is 5.78 Å². The Bertz CT molecular complexity index is 876. The minimum Gasteiger partial charge on any atom is -0.376 e. The number of methoxy groups -OCH3 is 1. The third kappa shape index (κ3) is 3.85. The molecule has 5 heteroatoms. The van der Waals surface area contributed by atoms with Crippen LogP contribution in [0.4, 0.5) is 4.39 Å². The molecule has 0 bridgehead atoms. The van der Waals surface area contributed by atoms with Gasteiger partial charge in [-0.1, -0.05) is 36.4 Å². The first-order valence-corrected chi connectivity index (χ1v) is 9.76.